The molecule has 0 radical (unpaired) electrons. The predicted octanol–water partition coefficient (Wildman–Crippen LogP) is 4.10. The van der Waals surface area contributed by atoms with Crippen LogP contribution in [-0.2, 0) is 0 Å². The van der Waals surface area contributed by atoms with Crippen LogP contribution in [0.1, 0.15) is 55.1 Å². The van der Waals surface area contributed by atoms with Crippen LogP contribution in [0.15, 0.2) is 60.7 Å². The zero-order chi connectivity index (χ0) is 18.6. The lowest BCUT2D eigenvalue weighted by Crippen LogP contribution is -2.16. The van der Waals surface area contributed by atoms with Crippen molar-refractivity contribution in [2.75, 3.05) is 19.8 Å². The minimum absolute atomic E-state index is 0.108. The Morgan fingerprint density at radius 3 is 1.69 bits per heavy atom. The molecule has 0 spiro atoms. The van der Waals surface area contributed by atoms with Crippen LogP contribution in [0.25, 0.3) is 0 Å². The molecule has 3 nitrogen and oxygen atoms in total. The number of hydrogen-bond donors (Lipinski definition) is 3. The number of aliphatic hydroxyl groups excluding tert-OH is 3. The first-order chi connectivity index (χ1) is 12.8. The van der Waals surface area contributed by atoms with Crippen molar-refractivity contribution in [1.29, 1.82) is 0 Å². The number of rotatable bonds is 12. The molecule has 2 rings (SSSR count). The fourth-order valence-corrected chi connectivity index (χ4v) is 3.79. The summed E-state index contributed by atoms with van der Waals surface area (Å²) in [4.78, 5) is 0. The van der Waals surface area contributed by atoms with Gasteiger partial charge in [0, 0.05) is 19.8 Å². The molecule has 0 saturated heterocycles. The lowest BCUT2D eigenvalue weighted by atomic mass is 9.78. The summed E-state index contributed by atoms with van der Waals surface area (Å²) in [5, 5.41) is 28.3. The van der Waals surface area contributed by atoms with E-state index in [-0.39, 0.29) is 25.7 Å². The molecular weight excluding hydrogens is 324 g/mol. The second kappa shape index (κ2) is 11.8. The Hall–Kier alpha value is -1.68. The molecule has 3 heteroatoms. The van der Waals surface area contributed by atoms with E-state index in [2.05, 4.69) is 48.5 Å². The van der Waals surface area contributed by atoms with Crippen molar-refractivity contribution in [3.63, 3.8) is 0 Å². The monoisotopic (exact) mass is 356 g/mol. The maximum absolute atomic E-state index is 9.70. The highest BCUT2D eigenvalue weighted by Gasteiger charge is 2.22. The Morgan fingerprint density at radius 2 is 1.19 bits per heavy atom. The molecule has 26 heavy (non-hydrogen) atoms. The minimum atomic E-state index is 0.108. The summed E-state index contributed by atoms with van der Waals surface area (Å²) in [5.74, 6) is 0.810. The summed E-state index contributed by atoms with van der Waals surface area (Å²) in [5.41, 5.74) is 2.60. The molecule has 3 atom stereocenters. The van der Waals surface area contributed by atoms with E-state index in [1.165, 1.54) is 11.1 Å². The molecule has 0 bridgehead atoms. The second-order valence-electron chi connectivity index (χ2n) is 7.11. The van der Waals surface area contributed by atoms with Gasteiger partial charge in [0.1, 0.15) is 0 Å². The van der Waals surface area contributed by atoms with Crippen LogP contribution in [0.4, 0.5) is 0 Å². The van der Waals surface area contributed by atoms with Crippen molar-refractivity contribution >= 4 is 0 Å². The summed E-state index contributed by atoms with van der Waals surface area (Å²) in [7, 11) is 0. The zero-order valence-corrected chi connectivity index (χ0v) is 15.5. The van der Waals surface area contributed by atoms with E-state index in [9.17, 15) is 15.3 Å². The van der Waals surface area contributed by atoms with E-state index in [1.54, 1.807) is 0 Å². The summed E-state index contributed by atoms with van der Waals surface area (Å²) < 4.78 is 0. The molecule has 0 aliphatic carbocycles. The SMILES string of the molecule is OCCCC(CC(CC(CO)CCO)c1ccccc1)c1ccccc1. The topological polar surface area (TPSA) is 60.7 Å². The molecule has 0 fully saturated rings. The predicted molar refractivity (Wildman–Crippen MR) is 106 cm³/mol. The minimum Gasteiger partial charge on any atom is -0.396 e. The van der Waals surface area contributed by atoms with Crippen molar-refractivity contribution in [3.05, 3.63) is 71.8 Å². The molecule has 0 aliphatic heterocycles. The third kappa shape index (κ3) is 6.56. The standard InChI is InChI=1S/C23H32O3/c24-14-7-12-22(20-8-3-1-4-9-20)17-23(16-19(18-26)13-15-25)21-10-5-2-6-11-21/h1-6,8-11,19,22-26H,7,12-18H2. The average Bonchev–Trinajstić information content (AvgIpc) is 2.70. The van der Waals surface area contributed by atoms with E-state index in [1.807, 2.05) is 12.1 Å². The van der Waals surface area contributed by atoms with Crippen LogP contribution in [-0.4, -0.2) is 35.1 Å². The van der Waals surface area contributed by atoms with Gasteiger partial charge in [0.15, 0.2) is 0 Å². The molecule has 0 aromatic heterocycles. The van der Waals surface area contributed by atoms with Crippen molar-refractivity contribution in [1.82, 2.24) is 0 Å². The van der Waals surface area contributed by atoms with Gasteiger partial charge in [0.2, 0.25) is 0 Å². The van der Waals surface area contributed by atoms with Gasteiger partial charge in [-0.15, -0.1) is 0 Å². The molecule has 2 aromatic carbocycles. The molecule has 0 heterocycles. The van der Waals surface area contributed by atoms with Crippen molar-refractivity contribution < 1.29 is 15.3 Å². The van der Waals surface area contributed by atoms with Gasteiger partial charge in [0.05, 0.1) is 0 Å². The molecule has 3 N–H and O–H groups in total. The molecule has 142 valence electrons. The Bertz CT molecular complexity index is 585. The third-order valence-corrected chi connectivity index (χ3v) is 5.24. The van der Waals surface area contributed by atoms with Crippen LogP contribution in [0, 0.1) is 5.92 Å². The molecular formula is C23H32O3. The van der Waals surface area contributed by atoms with Crippen LogP contribution >= 0.6 is 0 Å². The molecule has 0 saturated carbocycles. The van der Waals surface area contributed by atoms with Crippen LogP contribution in [0.5, 0.6) is 0 Å². The first kappa shape index (κ1) is 20.6. The fourth-order valence-electron chi connectivity index (χ4n) is 3.79. The number of aliphatic hydroxyl groups is 3. The normalized spacial score (nSPS) is 14.7. The Morgan fingerprint density at radius 1 is 0.615 bits per heavy atom. The maximum atomic E-state index is 9.70. The van der Waals surface area contributed by atoms with E-state index < -0.39 is 0 Å². The summed E-state index contributed by atoms with van der Waals surface area (Å²) in [6, 6.07) is 21.0. The van der Waals surface area contributed by atoms with Crippen molar-refractivity contribution in [3.8, 4) is 0 Å². The molecule has 0 amide bonds. The summed E-state index contributed by atoms with van der Waals surface area (Å²) >= 11 is 0. The van der Waals surface area contributed by atoms with E-state index in [0.29, 0.717) is 18.3 Å². The molecule has 2 aromatic rings. The van der Waals surface area contributed by atoms with E-state index in [0.717, 1.165) is 25.7 Å². The second-order valence-corrected chi connectivity index (χ2v) is 7.11. The first-order valence-corrected chi connectivity index (χ1v) is 9.71. The third-order valence-electron chi connectivity index (χ3n) is 5.24. The van der Waals surface area contributed by atoms with Gasteiger partial charge in [-0.1, -0.05) is 60.7 Å². The number of benzene rings is 2. The zero-order valence-electron chi connectivity index (χ0n) is 15.5. The van der Waals surface area contributed by atoms with Crippen LogP contribution < -0.4 is 0 Å². The lowest BCUT2D eigenvalue weighted by molar-refractivity contribution is 0.168. The lowest BCUT2D eigenvalue weighted by Gasteiger charge is -2.27. The van der Waals surface area contributed by atoms with Crippen molar-refractivity contribution in [2.45, 2.75) is 43.9 Å². The molecule has 3 unspecified atom stereocenters. The van der Waals surface area contributed by atoms with Gasteiger partial charge in [-0.3, -0.25) is 0 Å². The Kier molecular flexibility index (Phi) is 9.40. The van der Waals surface area contributed by atoms with Crippen LogP contribution in [0.3, 0.4) is 0 Å². The Balaban J connectivity index is 2.21. The smallest absolute Gasteiger partial charge is 0.0460 e. The fraction of sp³-hybridized carbons (Fsp3) is 0.478. The van der Waals surface area contributed by atoms with Gasteiger partial charge in [-0.05, 0) is 61.0 Å². The van der Waals surface area contributed by atoms with Crippen LogP contribution in [0.2, 0.25) is 0 Å². The summed E-state index contributed by atoms with van der Waals surface area (Å²) in [6.07, 6.45) is 4.22. The number of hydrogen-bond acceptors (Lipinski definition) is 3. The van der Waals surface area contributed by atoms with Gasteiger partial charge in [-0.25, -0.2) is 0 Å². The van der Waals surface area contributed by atoms with E-state index >= 15 is 0 Å². The van der Waals surface area contributed by atoms with Crippen molar-refractivity contribution in [2.24, 2.45) is 5.92 Å². The first-order valence-electron chi connectivity index (χ1n) is 9.71. The average molecular weight is 357 g/mol. The highest BCUT2D eigenvalue weighted by Crippen LogP contribution is 2.37. The van der Waals surface area contributed by atoms with Gasteiger partial charge >= 0.3 is 0 Å². The highest BCUT2D eigenvalue weighted by molar-refractivity contribution is 5.24. The summed E-state index contributed by atoms with van der Waals surface area (Å²) in [6.45, 7) is 0.430. The quantitative estimate of drug-likeness (QED) is 0.537. The van der Waals surface area contributed by atoms with E-state index in [4.69, 9.17) is 0 Å². The largest absolute Gasteiger partial charge is 0.396 e. The Labute approximate surface area is 157 Å². The van der Waals surface area contributed by atoms with Gasteiger partial charge < -0.3 is 15.3 Å². The molecule has 0 aliphatic rings. The maximum Gasteiger partial charge on any atom is 0.0460 e. The van der Waals surface area contributed by atoms with Gasteiger partial charge in [0.25, 0.3) is 0 Å². The highest BCUT2D eigenvalue weighted by atomic mass is 16.3. The van der Waals surface area contributed by atoms with Gasteiger partial charge in [-0.2, -0.15) is 0 Å².